The molecule has 2 aromatic rings. The van der Waals surface area contributed by atoms with Crippen molar-refractivity contribution in [1.29, 1.82) is 0 Å². The fourth-order valence-corrected chi connectivity index (χ4v) is 3.06. The summed E-state index contributed by atoms with van der Waals surface area (Å²) in [5.74, 6) is 0.595. The van der Waals surface area contributed by atoms with Gasteiger partial charge in [0.1, 0.15) is 10.7 Å². The Labute approximate surface area is 123 Å². The zero-order valence-electron chi connectivity index (χ0n) is 11.0. The number of halogens is 1. The maximum atomic E-state index is 12.3. The Morgan fingerprint density at radius 3 is 2.50 bits per heavy atom. The van der Waals surface area contributed by atoms with Crippen molar-refractivity contribution in [3.05, 3.63) is 47.1 Å². The lowest BCUT2D eigenvalue weighted by molar-refractivity contribution is 0.601. The number of rotatable bonds is 4. The van der Waals surface area contributed by atoms with Crippen molar-refractivity contribution in [2.75, 3.05) is 17.1 Å². The molecule has 106 valence electrons. The summed E-state index contributed by atoms with van der Waals surface area (Å²) in [6.45, 7) is 1.78. The lowest BCUT2D eigenvalue weighted by atomic mass is 10.2. The largest absolute Gasteiger partial charge is 0.373 e. The molecule has 0 aliphatic carbocycles. The molecule has 0 spiro atoms. The van der Waals surface area contributed by atoms with E-state index in [4.69, 9.17) is 11.6 Å². The van der Waals surface area contributed by atoms with Gasteiger partial charge in [-0.15, -0.1) is 0 Å². The molecule has 0 atom stereocenters. The average Bonchev–Trinajstić information content (AvgIpc) is 2.43. The number of sulfonamides is 1. The predicted molar refractivity (Wildman–Crippen MR) is 80.8 cm³/mol. The van der Waals surface area contributed by atoms with E-state index < -0.39 is 10.0 Å². The van der Waals surface area contributed by atoms with E-state index in [0.29, 0.717) is 16.5 Å². The number of nitrogens with zero attached hydrogens (tertiary/aromatic N) is 1. The van der Waals surface area contributed by atoms with Crippen LogP contribution in [0, 0.1) is 6.92 Å². The molecule has 20 heavy (non-hydrogen) atoms. The van der Waals surface area contributed by atoms with Crippen LogP contribution in [-0.4, -0.2) is 20.4 Å². The van der Waals surface area contributed by atoms with Crippen LogP contribution >= 0.6 is 11.6 Å². The van der Waals surface area contributed by atoms with Gasteiger partial charge in [0.05, 0.1) is 10.7 Å². The summed E-state index contributed by atoms with van der Waals surface area (Å²) < 4.78 is 27.0. The molecule has 0 aliphatic heterocycles. The van der Waals surface area contributed by atoms with Crippen molar-refractivity contribution in [3.63, 3.8) is 0 Å². The van der Waals surface area contributed by atoms with E-state index in [0.717, 1.165) is 5.56 Å². The minimum atomic E-state index is -3.71. The molecule has 0 amide bonds. The molecule has 1 aromatic carbocycles. The second-order valence-electron chi connectivity index (χ2n) is 4.17. The Hall–Kier alpha value is -1.79. The number of aryl methyl sites for hydroxylation is 1. The summed E-state index contributed by atoms with van der Waals surface area (Å²) in [6, 6.07) is 8.25. The Kier molecular flexibility index (Phi) is 4.15. The molecular formula is C13H14ClN3O2S. The van der Waals surface area contributed by atoms with E-state index in [2.05, 4.69) is 15.0 Å². The molecule has 0 aliphatic rings. The van der Waals surface area contributed by atoms with Crippen molar-refractivity contribution < 1.29 is 8.42 Å². The zero-order chi connectivity index (χ0) is 14.8. The highest BCUT2D eigenvalue weighted by molar-refractivity contribution is 7.92. The number of anilines is 2. The lowest BCUT2D eigenvalue weighted by Crippen LogP contribution is -2.14. The van der Waals surface area contributed by atoms with Crippen LogP contribution in [-0.2, 0) is 10.0 Å². The smallest absolute Gasteiger partial charge is 0.263 e. The van der Waals surface area contributed by atoms with E-state index in [9.17, 15) is 8.42 Å². The molecule has 2 rings (SSSR count). The maximum absolute atomic E-state index is 12.3. The van der Waals surface area contributed by atoms with Crippen molar-refractivity contribution in [1.82, 2.24) is 4.98 Å². The Balaban J connectivity index is 2.35. The summed E-state index contributed by atoms with van der Waals surface area (Å²) in [5, 5.41) is 3.18. The molecular weight excluding hydrogens is 298 g/mol. The molecule has 2 N–H and O–H groups in total. The van der Waals surface area contributed by atoms with Crippen LogP contribution in [0.2, 0.25) is 5.02 Å². The molecule has 0 fully saturated rings. The normalized spacial score (nSPS) is 11.2. The number of nitrogens with one attached hydrogen (secondary N) is 2. The summed E-state index contributed by atoms with van der Waals surface area (Å²) in [4.78, 5) is 4.07. The van der Waals surface area contributed by atoms with E-state index >= 15 is 0 Å². The average molecular weight is 312 g/mol. The van der Waals surface area contributed by atoms with Gasteiger partial charge in [0.2, 0.25) is 0 Å². The zero-order valence-corrected chi connectivity index (χ0v) is 12.6. The van der Waals surface area contributed by atoms with Crippen LogP contribution in [0.4, 0.5) is 11.5 Å². The Bertz CT molecular complexity index is 695. The van der Waals surface area contributed by atoms with E-state index in [-0.39, 0.29) is 4.90 Å². The third-order valence-corrected chi connectivity index (χ3v) is 4.41. The first-order valence-electron chi connectivity index (χ1n) is 5.86. The number of hydrogen-bond acceptors (Lipinski definition) is 4. The highest BCUT2D eigenvalue weighted by Crippen LogP contribution is 2.27. The van der Waals surface area contributed by atoms with Crippen LogP contribution < -0.4 is 10.0 Å². The second kappa shape index (κ2) is 5.68. The van der Waals surface area contributed by atoms with E-state index in [1.807, 2.05) is 0 Å². The van der Waals surface area contributed by atoms with Crippen molar-refractivity contribution in [2.24, 2.45) is 0 Å². The van der Waals surface area contributed by atoms with E-state index in [1.165, 1.54) is 12.3 Å². The van der Waals surface area contributed by atoms with Crippen molar-refractivity contribution in [2.45, 2.75) is 11.8 Å². The fourth-order valence-electron chi connectivity index (χ4n) is 1.64. The standard InChI is InChI=1S/C13H14ClN3O2S/c1-9-4-3-5-11(14)13(9)17-20(18,19)10-6-7-12(15-2)16-8-10/h3-8,17H,1-2H3,(H,15,16). The van der Waals surface area contributed by atoms with Gasteiger partial charge in [-0.25, -0.2) is 13.4 Å². The summed E-state index contributed by atoms with van der Waals surface area (Å²) in [5.41, 5.74) is 1.13. The van der Waals surface area contributed by atoms with Gasteiger partial charge in [-0.1, -0.05) is 23.7 Å². The molecule has 0 saturated carbocycles. The summed E-state index contributed by atoms with van der Waals surface area (Å²) in [6.07, 6.45) is 1.29. The molecule has 0 saturated heterocycles. The van der Waals surface area contributed by atoms with Crippen LogP contribution in [0.15, 0.2) is 41.4 Å². The predicted octanol–water partition coefficient (Wildman–Crippen LogP) is 2.89. The molecule has 0 radical (unpaired) electrons. The molecule has 1 heterocycles. The van der Waals surface area contributed by atoms with Crippen LogP contribution in [0.3, 0.4) is 0 Å². The lowest BCUT2D eigenvalue weighted by Gasteiger charge is -2.12. The van der Waals surface area contributed by atoms with Crippen LogP contribution in [0.1, 0.15) is 5.56 Å². The van der Waals surface area contributed by atoms with E-state index in [1.54, 1.807) is 38.2 Å². The minimum Gasteiger partial charge on any atom is -0.373 e. The number of para-hydroxylation sites is 1. The Morgan fingerprint density at radius 2 is 1.95 bits per heavy atom. The second-order valence-corrected chi connectivity index (χ2v) is 6.26. The van der Waals surface area contributed by atoms with Crippen molar-refractivity contribution >= 4 is 33.1 Å². The van der Waals surface area contributed by atoms with Gasteiger partial charge in [0, 0.05) is 13.2 Å². The van der Waals surface area contributed by atoms with Crippen LogP contribution in [0.25, 0.3) is 0 Å². The fraction of sp³-hybridized carbons (Fsp3) is 0.154. The van der Waals surface area contributed by atoms with Gasteiger partial charge < -0.3 is 5.32 Å². The number of aromatic nitrogens is 1. The molecule has 0 unspecified atom stereocenters. The minimum absolute atomic E-state index is 0.0795. The highest BCUT2D eigenvalue weighted by Gasteiger charge is 2.17. The maximum Gasteiger partial charge on any atom is 0.263 e. The number of hydrogen-bond donors (Lipinski definition) is 2. The van der Waals surface area contributed by atoms with Gasteiger partial charge in [-0.05, 0) is 30.7 Å². The molecule has 7 heteroatoms. The van der Waals surface area contributed by atoms with Gasteiger partial charge >= 0.3 is 0 Å². The Morgan fingerprint density at radius 1 is 1.20 bits per heavy atom. The third-order valence-electron chi connectivity index (χ3n) is 2.76. The number of benzene rings is 1. The van der Waals surface area contributed by atoms with Crippen molar-refractivity contribution in [3.8, 4) is 0 Å². The van der Waals surface area contributed by atoms with Gasteiger partial charge in [-0.3, -0.25) is 4.72 Å². The van der Waals surface area contributed by atoms with Gasteiger partial charge in [-0.2, -0.15) is 0 Å². The monoisotopic (exact) mass is 311 g/mol. The first-order chi connectivity index (χ1) is 9.44. The molecule has 0 bridgehead atoms. The van der Waals surface area contributed by atoms with Gasteiger partial charge in [0.15, 0.2) is 0 Å². The first-order valence-corrected chi connectivity index (χ1v) is 7.72. The third kappa shape index (κ3) is 3.02. The highest BCUT2D eigenvalue weighted by atomic mass is 35.5. The summed E-state index contributed by atoms with van der Waals surface area (Å²) >= 11 is 6.02. The van der Waals surface area contributed by atoms with Gasteiger partial charge in [0.25, 0.3) is 10.0 Å². The summed E-state index contributed by atoms with van der Waals surface area (Å²) in [7, 11) is -2.00. The first kappa shape index (κ1) is 14.6. The topological polar surface area (TPSA) is 71.1 Å². The number of pyridine rings is 1. The molecule has 1 aromatic heterocycles. The molecule has 5 nitrogen and oxygen atoms in total. The van der Waals surface area contributed by atoms with Crippen LogP contribution in [0.5, 0.6) is 0 Å². The quantitative estimate of drug-likeness (QED) is 0.911. The SMILES string of the molecule is CNc1ccc(S(=O)(=O)Nc2c(C)cccc2Cl)cn1.